The number of benzene rings is 2. The average Bonchev–Trinajstić information content (AvgIpc) is 2.61. The molecule has 1 aliphatic heterocycles. The van der Waals surface area contributed by atoms with Crippen LogP contribution in [0.3, 0.4) is 0 Å². The topological polar surface area (TPSA) is 47.6 Å². The molecule has 0 bridgehead atoms. The van der Waals surface area contributed by atoms with E-state index >= 15 is 0 Å². The summed E-state index contributed by atoms with van der Waals surface area (Å²) in [6.45, 7) is 3.68. The van der Waals surface area contributed by atoms with Crippen molar-refractivity contribution in [2.45, 2.75) is 26.2 Å². The number of nitrogens with one attached hydrogen (secondary N) is 1. The van der Waals surface area contributed by atoms with Crippen LogP contribution < -0.4 is 14.8 Å². The van der Waals surface area contributed by atoms with Crippen molar-refractivity contribution in [3.8, 4) is 11.5 Å². The van der Waals surface area contributed by atoms with Gasteiger partial charge in [0.2, 0.25) is 5.91 Å². The van der Waals surface area contributed by atoms with Crippen LogP contribution in [-0.4, -0.2) is 25.7 Å². The monoisotopic (exact) mass is 359 g/mol. The smallest absolute Gasteiger partial charge is 0.220 e. The number of carbonyl (C=O) groups excluding carboxylic acids is 1. The maximum absolute atomic E-state index is 12.0. The Bertz CT molecular complexity index is 743. The summed E-state index contributed by atoms with van der Waals surface area (Å²) in [6, 6.07) is 12.1. The standard InChI is InChI=1S/C20H22ClNO3/c1-14-2-4-15(5-3-14)6-7-19(23)22-9-8-16-12-17(21)20-18(13-16)24-10-11-25-20/h2-5,12-13H,6-11H2,1H3,(H,22,23). The van der Waals surface area contributed by atoms with Crippen molar-refractivity contribution in [1.29, 1.82) is 0 Å². The number of aryl methyl sites for hydroxylation is 2. The van der Waals surface area contributed by atoms with Crippen molar-refractivity contribution in [3.63, 3.8) is 0 Å². The highest BCUT2D eigenvalue weighted by atomic mass is 35.5. The van der Waals surface area contributed by atoms with E-state index in [1.54, 1.807) is 0 Å². The van der Waals surface area contributed by atoms with Crippen molar-refractivity contribution < 1.29 is 14.3 Å². The first-order valence-corrected chi connectivity index (χ1v) is 8.90. The van der Waals surface area contributed by atoms with Crippen molar-refractivity contribution in [1.82, 2.24) is 5.32 Å². The second-order valence-electron chi connectivity index (χ2n) is 6.19. The Morgan fingerprint density at radius 1 is 1.08 bits per heavy atom. The number of hydrogen-bond acceptors (Lipinski definition) is 3. The van der Waals surface area contributed by atoms with Gasteiger partial charge in [0.15, 0.2) is 11.5 Å². The molecule has 5 heteroatoms. The Kier molecular flexibility index (Phi) is 5.82. The van der Waals surface area contributed by atoms with E-state index in [4.69, 9.17) is 21.1 Å². The highest BCUT2D eigenvalue weighted by molar-refractivity contribution is 6.32. The highest BCUT2D eigenvalue weighted by Gasteiger charge is 2.16. The minimum absolute atomic E-state index is 0.0595. The lowest BCUT2D eigenvalue weighted by molar-refractivity contribution is -0.121. The SMILES string of the molecule is Cc1ccc(CCC(=O)NCCc2cc(Cl)c3c(c2)OCCO3)cc1. The molecule has 0 fully saturated rings. The largest absolute Gasteiger partial charge is 0.486 e. The van der Waals surface area contributed by atoms with Crippen molar-refractivity contribution in [3.05, 3.63) is 58.1 Å². The predicted molar refractivity (Wildman–Crippen MR) is 98.7 cm³/mol. The Balaban J connectivity index is 1.45. The van der Waals surface area contributed by atoms with Gasteiger partial charge in [-0.3, -0.25) is 4.79 Å². The van der Waals surface area contributed by atoms with Gasteiger partial charge in [-0.2, -0.15) is 0 Å². The first-order chi connectivity index (χ1) is 12.1. The lowest BCUT2D eigenvalue weighted by Crippen LogP contribution is -2.26. The quantitative estimate of drug-likeness (QED) is 0.855. The molecular formula is C20H22ClNO3. The highest BCUT2D eigenvalue weighted by Crippen LogP contribution is 2.38. The summed E-state index contributed by atoms with van der Waals surface area (Å²) >= 11 is 6.23. The molecule has 0 atom stereocenters. The molecule has 132 valence electrons. The lowest BCUT2D eigenvalue weighted by Gasteiger charge is -2.20. The molecule has 0 saturated heterocycles. The van der Waals surface area contributed by atoms with Gasteiger partial charge in [-0.25, -0.2) is 0 Å². The molecule has 4 nitrogen and oxygen atoms in total. The number of ether oxygens (including phenoxy) is 2. The van der Waals surface area contributed by atoms with E-state index in [9.17, 15) is 4.79 Å². The van der Waals surface area contributed by atoms with Gasteiger partial charge in [-0.1, -0.05) is 41.4 Å². The van der Waals surface area contributed by atoms with Gasteiger partial charge in [0.05, 0.1) is 5.02 Å². The zero-order valence-corrected chi connectivity index (χ0v) is 15.1. The summed E-state index contributed by atoms with van der Waals surface area (Å²) in [4.78, 5) is 12.0. The molecule has 0 aromatic heterocycles. The number of hydrogen-bond donors (Lipinski definition) is 1. The van der Waals surface area contributed by atoms with Crippen molar-refractivity contribution in [2.24, 2.45) is 0 Å². The number of rotatable bonds is 6. The third kappa shape index (κ3) is 4.89. The van der Waals surface area contributed by atoms with Gasteiger partial charge in [0.1, 0.15) is 13.2 Å². The third-order valence-electron chi connectivity index (χ3n) is 4.15. The van der Waals surface area contributed by atoms with Gasteiger partial charge in [0, 0.05) is 13.0 Å². The summed E-state index contributed by atoms with van der Waals surface area (Å²) in [6.07, 6.45) is 1.94. The Morgan fingerprint density at radius 3 is 2.64 bits per heavy atom. The van der Waals surface area contributed by atoms with E-state index in [1.807, 2.05) is 12.1 Å². The molecular weight excluding hydrogens is 338 g/mol. The average molecular weight is 360 g/mol. The van der Waals surface area contributed by atoms with Gasteiger partial charge in [-0.15, -0.1) is 0 Å². The molecule has 0 spiro atoms. The minimum Gasteiger partial charge on any atom is -0.486 e. The van der Waals surface area contributed by atoms with Gasteiger partial charge in [-0.05, 0) is 43.0 Å². The molecule has 0 unspecified atom stereocenters. The first-order valence-electron chi connectivity index (χ1n) is 8.52. The van der Waals surface area contributed by atoms with Gasteiger partial charge >= 0.3 is 0 Å². The number of carbonyl (C=O) groups is 1. The van der Waals surface area contributed by atoms with E-state index in [1.165, 1.54) is 11.1 Å². The molecule has 0 saturated carbocycles. The molecule has 1 aliphatic rings. The maximum Gasteiger partial charge on any atom is 0.220 e. The molecule has 0 aliphatic carbocycles. The fourth-order valence-corrected chi connectivity index (χ4v) is 3.04. The first kappa shape index (κ1) is 17.6. The van der Waals surface area contributed by atoms with Crippen LogP contribution in [0.15, 0.2) is 36.4 Å². The number of halogens is 1. The van der Waals surface area contributed by atoms with Crippen LogP contribution in [0.4, 0.5) is 0 Å². The molecule has 25 heavy (non-hydrogen) atoms. The molecule has 0 radical (unpaired) electrons. The number of fused-ring (bicyclic) bond motifs is 1. The third-order valence-corrected chi connectivity index (χ3v) is 4.43. The maximum atomic E-state index is 12.0. The van der Waals surface area contributed by atoms with Crippen LogP contribution in [0, 0.1) is 6.92 Å². The van der Waals surface area contributed by atoms with Gasteiger partial charge in [0.25, 0.3) is 0 Å². The molecule has 3 rings (SSSR count). The van der Waals surface area contributed by atoms with Crippen LogP contribution in [0.2, 0.25) is 5.02 Å². The van der Waals surface area contributed by atoms with E-state index in [2.05, 4.69) is 36.5 Å². The minimum atomic E-state index is 0.0595. The Hall–Kier alpha value is -2.20. The van der Waals surface area contributed by atoms with Crippen LogP contribution >= 0.6 is 11.6 Å². The summed E-state index contributed by atoms with van der Waals surface area (Å²) < 4.78 is 11.1. The fourth-order valence-electron chi connectivity index (χ4n) is 2.76. The second kappa shape index (κ2) is 8.26. The van der Waals surface area contributed by atoms with Gasteiger partial charge < -0.3 is 14.8 Å². The Morgan fingerprint density at radius 2 is 1.84 bits per heavy atom. The normalized spacial score (nSPS) is 12.7. The van der Waals surface area contributed by atoms with Crippen LogP contribution in [0.5, 0.6) is 11.5 Å². The molecule has 2 aromatic carbocycles. The van der Waals surface area contributed by atoms with E-state index in [-0.39, 0.29) is 5.91 Å². The van der Waals surface area contributed by atoms with Crippen molar-refractivity contribution in [2.75, 3.05) is 19.8 Å². The fraction of sp³-hybridized carbons (Fsp3) is 0.350. The zero-order chi connectivity index (χ0) is 17.6. The summed E-state index contributed by atoms with van der Waals surface area (Å²) in [5, 5.41) is 3.51. The summed E-state index contributed by atoms with van der Waals surface area (Å²) in [7, 11) is 0. The summed E-state index contributed by atoms with van der Waals surface area (Å²) in [5.74, 6) is 1.35. The molecule has 1 amide bonds. The molecule has 2 aromatic rings. The van der Waals surface area contributed by atoms with E-state index in [0.717, 1.165) is 12.0 Å². The molecule has 1 N–H and O–H groups in total. The van der Waals surface area contributed by atoms with E-state index in [0.29, 0.717) is 49.1 Å². The van der Waals surface area contributed by atoms with Crippen LogP contribution in [-0.2, 0) is 17.6 Å². The second-order valence-corrected chi connectivity index (χ2v) is 6.59. The van der Waals surface area contributed by atoms with E-state index < -0.39 is 0 Å². The van der Waals surface area contributed by atoms with Crippen LogP contribution in [0.25, 0.3) is 0 Å². The zero-order valence-electron chi connectivity index (χ0n) is 14.3. The van der Waals surface area contributed by atoms with Crippen LogP contribution in [0.1, 0.15) is 23.1 Å². The predicted octanol–water partition coefficient (Wildman–Crippen LogP) is 3.71. The summed E-state index contributed by atoms with van der Waals surface area (Å²) in [5.41, 5.74) is 3.43. The molecule has 1 heterocycles. The Labute approximate surface area is 153 Å². The van der Waals surface area contributed by atoms with Crippen molar-refractivity contribution >= 4 is 17.5 Å². The lowest BCUT2D eigenvalue weighted by atomic mass is 10.1. The number of amides is 1.